The summed E-state index contributed by atoms with van der Waals surface area (Å²) in [4.78, 5) is 26.3. The van der Waals surface area contributed by atoms with E-state index >= 15 is 0 Å². The van der Waals surface area contributed by atoms with E-state index < -0.39 is 5.54 Å². The Morgan fingerprint density at radius 2 is 2.00 bits per heavy atom. The molecule has 0 aliphatic carbocycles. The number of hydrogen-bond acceptors (Lipinski definition) is 4. The van der Waals surface area contributed by atoms with E-state index in [1.807, 2.05) is 31.2 Å². The molecule has 1 aliphatic rings. The van der Waals surface area contributed by atoms with Crippen LogP contribution in [0.5, 0.6) is 5.75 Å². The molecule has 1 fully saturated rings. The molecule has 1 aliphatic heterocycles. The van der Waals surface area contributed by atoms with Gasteiger partial charge in [-0.25, -0.2) is 0 Å². The lowest BCUT2D eigenvalue weighted by molar-refractivity contribution is -0.132. The molecule has 29 heavy (non-hydrogen) atoms. The average Bonchev–Trinajstić information content (AvgIpc) is 3.11. The van der Waals surface area contributed by atoms with Crippen LogP contribution in [0.15, 0.2) is 36.4 Å². The van der Waals surface area contributed by atoms with Gasteiger partial charge in [0.15, 0.2) is 0 Å². The predicted octanol–water partition coefficient (Wildman–Crippen LogP) is 2.66. The zero-order chi connectivity index (χ0) is 20.9. The number of rotatable bonds is 9. The third-order valence-electron chi connectivity index (χ3n) is 5.88. The van der Waals surface area contributed by atoms with E-state index in [0.29, 0.717) is 45.2 Å². The molecule has 156 valence electrons. The Labute approximate surface area is 171 Å². The highest BCUT2D eigenvalue weighted by atomic mass is 16.5. The van der Waals surface area contributed by atoms with Crippen molar-refractivity contribution in [3.05, 3.63) is 42.0 Å². The Hall–Kier alpha value is -2.60. The first-order chi connectivity index (χ1) is 14.0. The SMILES string of the molecule is CCN(CCO)C(=O)CCC1(Cc2ccc(OC)c3ccccc23)CCC(=O)N1. The van der Waals surface area contributed by atoms with Gasteiger partial charge in [0, 0.05) is 36.9 Å². The van der Waals surface area contributed by atoms with Crippen molar-refractivity contribution in [3.8, 4) is 5.75 Å². The Morgan fingerprint density at radius 1 is 1.24 bits per heavy atom. The molecule has 3 rings (SSSR count). The summed E-state index contributed by atoms with van der Waals surface area (Å²) in [6, 6.07) is 12.1. The standard InChI is InChI=1S/C23H30N2O4/c1-3-25(14-15-26)22(28)11-13-23(12-10-21(27)24-23)16-17-8-9-20(29-2)19-7-5-4-6-18(17)19/h4-9,26H,3,10-16H2,1-2H3,(H,24,27). The number of benzene rings is 2. The summed E-state index contributed by atoms with van der Waals surface area (Å²) in [6.07, 6.45) is 2.80. The second-order valence-corrected chi connectivity index (χ2v) is 7.67. The number of carbonyl (C=O) groups is 2. The molecule has 0 spiro atoms. The summed E-state index contributed by atoms with van der Waals surface area (Å²) < 4.78 is 5.49. The maximum Gasteiger partial charge on any atom is 0.222 e. The molecular weight excluding hydrogens is 368 g/mol. The van der Waals surface area contributed by atoms with Crippen molar-refractivity contribution in [3.63, 3.8) is 0 Å². The number of carbonyl (C=O) groups excluding carboxylic acids is 2. The van der Waals surface area contributed by atoms with Gasteiger partial charge >= 0.3 is 0 Å². The van der Waals surface area contributed by atoms with Crippen LogP contribution in [0, 0.1) is 0 Å². The fourth-order valence-electron chi connectivity index (χ4n) is 4.30. The Bertz CT molecular complexity index is 882. The number of methoxy groups -OCH3 is 1. The summed E-state index contributed by atoms with van der Waals surface area (Å²) >= 11 is 0. The third-order valence-corrected chi connectivity index (χ3v) is 5.88. The zero-order valence-electron chi connectivity index (χ0n) is 17.2. The minimum absolute atomic E-state index is 0.0154. The second kappa shape index (κ2) is 9.27. The van der Waals surface area contributed by atoms with Gasteiger partial charge < -0.3 is 20.1 Å². The first-order valence-corrected chi connectivity index (χ1v) is 10.3. The lowest BCUT2D eigenvalue weighted by atomic mass is 9.83. The fraction of sp³-hybridized carbons (Fsp3) is 0.478. The lowest BCUT2D eigenvalue weighted by Crippen LogP contribution is -2.45. The Kier molecular flexibility index (Phi) is 6.75. The van der Waals surface area contributed by atoms with Crippen LogP contribution in [0.4, 0.5) is 0 Å². The molecule has 1 atom stereocenters. The van der Waals surface area contributed by atoms with E-state index in [1.165, 1.54) is 0 Å². The molecule has 1 heterocycles. The van der Waals surface area contributed by atoms with Crippen LogP contribution in [0.3, 0.4) is 0 Å². The number of fused-ring (bicyclic) bond motifs is 1. The molecule has 2 amide bonds. The van der Waals surface area contributed by atoms with Gasteiger partial charge in [0.2, 0.25) is 11.8 Å². The monoisotopic (exact) mass is 398 g/mol. The maximum absolute atomic E-state index is 12.6. The molecule has 2 aromatic rings. The lowest BCUT2D eigenvalue weighted by Gasteiger charge is -2.31. The van der Waals surface area contributed by atoms with E-state index in [4.69, 9.17) is 9.84 Å². The van der Waals surface area contributed by atoms with Crippen LogP contribution in [-0.4, -0.2) is 54.2 Å². The highest BCUT2D eigenvalue weighted by Gasteiger charge is 2.38. The van der Waals surface area contributed by atoms with Crippen molar-refractivity contribution in [2.75, 3.05) is 26.8 Å². The largest absolute Gasteiger partial charge is 0.496 e. The summed E-state index contributed by atoms with van der Waals surface area (Å²) in [5, 5.41) is 14.5. The molecule has 0 saturated carbocycles. The van der Waals surface area contributed by atoms with Crippen LogP contribution < -0.4 is 10.1 Å². The molecule has 6 heteroatoms. The predicted molar refractivity (Wildman–Crippen MR) is 113 cm³/mol. The quantitative estimate of drug-likeness (QED) is 0.681. The minimum Gasteiger partial charge on any atom is -0.496 e. The molecule has 0 bridgehead atoms. The maximum atomic E-state index is 12.6. The summed E-state index contributed by atoms with van der Waals surface area (Å²) in [5.41, 5.74) is 0.710. The summed E-state index contributed by atoms with van der Waals surface area (Å²) in [5.74, 6) is 0.881. The van der Waals surface area contributed by atoms with Crippen LogP contribution in [0.1, 0.15) is 38.2 Å². The molecule has 6 nitrogen and oxygen atoms in total. The van der Waals surface area contributed by atoms with Gasteiger partial charge in [-0.1, -0.05) is 30.3 Å². The van der Waals surface area contributed by atoms with Gasteiger partial charge in [-0.2, -0.15) is 0 Å². The van der Waals surface area contributed by atoms with Crippen molar-refractivity contribution < 1.29 is 19.4 Å². The highest BCUT2D eigenvalue weighted by molar-refractivity contribution is 5.91. The van der Waals surface area contributed by atoms with Crippen molar-refractivity contribution in [1.29, 1.82) is 0 Å². The average molecular weight is 399 g/mol. The van der Waals surface area contributed by atoms with Crippen LogP contribution in [-0.2, 0) is 16.0 Å². The van der Waals surface area contributed by atoms with Gasteiger partial charge in [0.25, 0.3) is 0 Å². The number of aliphatic hydroxyl groups is 1. The number of nitrogens with one attached hydrogen (secondary N) is 1. The van der Waals surface area contributed by atoms with Crippen molar-refractivity contribution in [2.45, 2.75) is 44.6 Å². The number of likely N-dealkylation sites (N-methyl/N-ethyl adjacent to an activating group) is 1. The van der Waals surface area contributed by atoms with Gasteiger partial charge in [0.1, 0.15) is 5.75 Å². The third kappa shape index (κ3) is 4.70. The zero-order valence-corrected chi connectivity index (χ0v) is 17.2. The summed E-state index contributed by atoms with van der Waals surface area (Å²) in [7, 11) is 1.66. The number of ether oxygens (including phenoxy) is 1. The van der Waals surface area contributed by atoms with Gasteiger partial charge in [0.05, 0.1) is 13.7 Å². The normalized spacial score (nSPS) is 18.7. The molecule has 0 aromatic heterocycles. The van der Waals surface area contributed by atoms with Crippen LogP contribution in [0.2, 0.25) is 0 Å². The van der Waals surface area contributed by atoms with Gasteiger partial charge in [-0.15, -0.1) is 0 Å². The van der Waals surface area contributed by atoms with Gasteiger partial charge in [-0.05, 0) is 43.2 Å². The Balaban J connectivity index is 1.84. The number of aliphatic hydroxyl groups excluding tert-OH is 1. The number of amides is 2. The van der Waals surface area contributed by atoms with E-state index in [0.717, 1.165) is 22.1 Å². The highest BCUT2D eigenvalue weighted by Crippen LogP contribution is 2.35. The Morgan fingerprint density at radius 3 is 2.62 bits per heavy atom. The van der Waals surface area contributed by atoms with E-state index in [2.05, 4.69) is 17.4 Å². The minimum atomic E-state index is -0.428. The first kappa shape index (κ1) is 21.1. The van der Waals surface area contributed by atoms with Crippen LogP contribution in [0.25, 0.3) is 10.8 Å². The number of nitrogens with zero attached hydrogens (tertiary/aromatic N) is 1. The molecular formula is C23H30N2O4. The molecule has 0 radical (unpaired) electrons. The van der Waals surface area contributed by atoms with Gasteiger partial charge in [-0.3, -0.25) is 9.59 Å². The van der Waals surface area contributed by atoms with E-state index in [9.17, 15) is 9.59 Å². The summed E-state index contributed by atoms with van der Waals surface area (Å²) in [6.45, 7) is 2.78. The molecule has 1 saturated heterocycles. The topological polar surface area (TPSA) is 78.9 Å². The van der Waals surface area contributed by atoms with E-state index in [1.54, 1.807) is 12.0 Å². The molecule has 2 aromatic carbocycles. The first-order valence-electron chi connectivity index (χ1n) is 10.3. The second-order valence-electron chi connectivity index (χ2n) is 7.67. The van der Waals surface area contributed by atoms with Crippen molar-refractivity contribution in [2.24, 2.45) is 0 Å². The van der Waals surface area contributed by atoms with Crippen molar-refractivity contribution >= 4 is 22.6 Å². The molecule has 1 unspecified atom stereocenters. The van der Waals surface area contributed by atoms with Crippen molar-refractivity contribution in [1.82, 2.24) is 10.2 Å². The number of hydrogen-bond donors (Lipinski definition) is 2. The molecule has 2 N–H and O–H groups in total. The smallest absolute Gasteiger partial charge is 0.222 e. The fourth-order valence-corrected chi connectivity index (χ4v) is 4.30. The van der Waals surface area contributed by atoms with E-state index in [-0.39, 0.29) is 18.4 Å². The van der Waals surface area contributed by atoms with Crippen LogP contribution >= 0.6 is 0 Å².